The zero-order valence-corrected chi connectivity index (χ0v) is 9.38. The third-order valence-electron chi connectivity index (χ3n) is 2.16. The summed E-state index contributed by atoms with van der Waals surface area (Å²) in [4.78, 5) is 10.5. The van der Waals surface area contributed by atoms with Crippen molar-refractivity contribution in [3.05, 3.63) is 29.6 Å². The quantitative estimate of drug-likeness (QED) is 0.821. The Labute approximate surface area is 100 Å². The molecular weight excluding hydrogens is 254 g/mol. The number of alkyl halides is 3. The van der Waals surface area contributed by atoms with E-state index in [1.165, 1.54) is 6.92 Å². The fraction of sp³-hybridized carbons (Fsp3) is 0.364. The highest BCUT2D eigenvalue weighted by Gasteiger charge is 2.30. The van der Waals surface area contributed by atoms with Gasteiger partial charge in [-0.2, -0.15) is 13.2 Å². The lowest BCUT2D eigenvalue weighted by atomic mass is 10.1. The van der Waals surface area contributed by atoms with Crippen molar-refractivity contribution in [3.8, 4) is 0 Å². The van der Waals surface area contributed by atoms with Gasteiger partial charge in [-0.25, -0.2) is 9.18 Å². The maximum Gasteiger partial charge on any atom is 0.391 e. The second kappa shape index (κ2) is 5.24. The Balaban J connectivity index is 2.77. The maximum atomic E-state index is 13.4. The molecule has 1 aromatic carbocycles. The second-order valence-electron chi connectivity index (χ2n) is 3.86. The van der Waals surface area contributed by atoms with Crippen molar-refractivity contribution >= 4 is 11.7 Å². The average Bonchev–Trinajstić information content (AvgIpc) is 2.17. The normalized spacial score (nSPS) is 13.2. The number of rotatable bonds is 4. The third kappa shape index (κ3) is 4.23. The molecule has 3 nitrogen and oxygen atoms in total. The van der Waals surface area contributed by atoms with Gasteiger partial charge in [0, 0.05) is 6.04 Å². The van der Waals surface area contributed by atoms with Crippen LogP contribution in [0.4, 0.5) is 23.2 Å². The van der Waals surface area contributed by atoms with Crippen LogP contribution in [0.1, 0.15) is 23.7 Å². The van der Waals surface area contributed by atoms with Gasteiger partial charge < -0.3 is 10.4 Å². The molecule has 7 heteroatoms. The van der Waals surface area contributed by atoms with E-state index in [0.717, 1.165) is 18.2 Å². The molecule has 0 aliphatic carbocycles. The predicted octanol–water partition coefficient (Wildman–Crippen LogP) is 3.28. The third-order valence-corrected chi connectivity index (χ3v) is 2.16. The van der Waals surface area contributed by atoms with Gasteiger partial charge in [-0.05, 0) is 25.1 Å². The summed E-state index contributed by atoms with van der Waals surface area (Å²) in [6, 6.07) is 1.97. The summed E-state index contributed by atoms with van der Waals surface area (Å²) >= 11 is 0. The van der Waals surface area contributed by atoms with E-state index < -0.39 is 30.4 Å². The first-order valence-electron chi connectivity index (χ1n) is 5.05. The Morgan fingerprint density at radius 1 is 1.44 bits per heavy atom. The molecule has 1 aromatic rings. The van der Waals surface area contributed by atoms with Crippen LogP contribution >= 0.6 is 0 Å². The highest BCUT2D eigenvalue weighted by Crippen LogP contribution is 2.24. The first kappa shape index (κ1) is 14.3. The minimum Gasteiger partial charge on any atom is -0.478 e. The maximum absolute atomic E-state index is 13.4. The molecule has 0 bridgehead atoms. The smallest absolute Gasteiger partial charge is 0.391 e. The Morgan fingerprint density at radius 2 is 2.06 bits per heavy atom. The lowest BCUT2D eigenvalue weighted by Crippen LogP contribution is -2.24. The molecular formula is C11H11F4NO2. The van der Waals surface area contributed by atoms with Crippen molar-refractivity contribution in [3.63, 3.8) is 0 Å². The summed E-state index contributed by atoms with van der Waals surface area (Å²) in [5.74, 6) is -2.20. The molecule has 0 amide bonds. The van der Waals surface area contributed by atoms with Gasteiger partial charge >= 0.3 is 12.1 Å². The zero-order chi connectivity index (χ0) is 13.9. The number of anilines is 1. The fourth-order valence-corrected chi connectivity index (χ4v) is 1.43. The van der Waals surface area contributed by atoms with Crippen LogP contribution in [0, 0.1) is 5.82 Å². The number of aromatic carboxylic acids is 1. The van der Waals surface area contributed by atoms with Gasteiger partial charge in [0.25, 0.3) is 0 Å². The van der Waals surface area contributed by atoms with Gasteiger partial charge in [-0.1, -0.05) is 0 Å². The molecule has 18 heavy (non-hydrogen) atoms. The van der Waals surface area contributed by atoms with E-state index in [1.54, 1.807) is 0 Å². The van der Waals surface area contributed by atoms with Crippen LogP contribution in [0.25, 0.3) is 0 Å². The minimum absolute atomic E-state index is 0.156. The van der Waals surface area contributed by atoms with E-state index in [0.29, 0.717) is 0 Å². The standard InChI is InChI=1S/C11H11F4NO2/c1-6(5-11(13,14)15)16-9-3-2-7(10(17)18)4-8(9)12/h2-4,6,16H,5H2,1H3,(H,17,18). The molecule has 0 aliphatic heterocycles. The van der Waals surface area contributed by atoms with Crippen LogP contribution in [0.2, 0.25) is 0 Å². The number of benzene rings is 1. The summed E-state index contributed by atoms with van der Waals surface area (Å²) in [6.07, 6.45) is -5.45. The largest absolute Gasteiger partial charge is 0.478 e. The average molecular weight is 265 g/mol. The Morgan fingerprint density at radius 3 is 2.50 bits per heavy atom. The van der Waals surface area contributed by atoms with Gasteiger partial charge in [0.1, 0.15) is 5.82 Å². The SMILES string of the molecule is CC(CC(F)(F)F)Nc1ccc(C(=O)O)cc1F. The fourth-order valence-electron chi connectivity index (χ4n) is 1.43. The Hall–Kier alpha value is -1.79. The van der Waals surface area contributed by atoms with Crippen molar-refractivity contribution in [2.24, 2.45) is 0 Å². The Kier molecular flexibility index (Phi) is 4.15. The van der Waals surface area contributed by atoms with E-state index in [-0.39, 0.29) is 11.3 Å². The van der Waals surface area contributed by atoms with E-state index in [2.05, 4.69) is 5.32 Å². The molecule has 0 fully saturated rings. The van der Waals surface area contributed by atoms with Crippen molar-refractivity contribution < 1.29 is 27.5 Å². The number of carboxylic acids is 1. The van der Waals surface area contributed by atoms with E-state index >= 15 is 0 Å². The van der Waals surface area contributed by atoms with Crippen LogP contribution in [0.5, 0.6) is 0 Å². The molecule has 1 atom stereocenters. The highest BCUT2D eigenvalue weighted by molar-refractivity contribution is 5.88. The van der Waals surface area contributed by atoms with Crippen LogP contribution < -0.4 is 5.32 Å². The Bertz CT molecular complexity index is 445. The van der Waals surface area contributed by atoms with Crippen molar-refractivity contribution in [1.82, 2.24) is 0 Å². The first-order valence-corrected chi connectivity index (χ1v) is 5.05. The summed E-state index contributed by atoms with van der Waals surface area (Å²) in [7, 11) is 0. The van der Waals surface area contributed by atoms with Gasteiger partial charge in [0.05, 0.1) is 17.7 Å². The zero-order valence-electron chi connectivity index (χ0n) is 9.38. The minimum atomic E-state index is -4.34. The summed E-state index contributed by atoms with van der Waals surface area (Å²) < 4.78 is 49.6. The lowest BCUT2D eigenvalue weighted by Gasteiger charge is -2.17. The number of carboxylic acid groups (broad SMARTS) is 1. The molecule has 0 saturated heterocycles. The molecule has 1 unspecified atom stereocenters. The van der Waals surface area contributed by atoms with Crippen LogP contribution in [-0.2, 0) is 0 Å². The van der Waals surface area contributed by atoms with Crippen LogP contribution in [0.15, 0.2) is 18.2 Å². The number of carbonyl (C=O) groups is 1. The number of hydrogen-bond donors (Lipinski definition) is 2. The molecule has 0 saturated carbocycles. The van der Waals surface area contributed by atoms with Gasteiger partial charge in [0.2, 0.25) is 0 Å². The molecule has 0 heterocycles. The number of hydrogen-bond acceptors (Lipinski definition) is 2. The number of halogens is 4. The summed E-state index contributed by atoms with van der Waals surface area (Å²) in [5, 5.41) is 10.9. The lowest BCUT2D eigenvalue weighted by molar-refractivity contribution is -0.136. The predicted molar refractivity (Wildman–Crippen MR) is 57.1 cm³/mol. The molecule has 0 spiro atoms. The van der Waals surface area contributed by atoms with Crippen molar-refractivity contribution in [2.45, 2.75) is 25.6 Å². The molecule has 2 N–H and O–H groups in total. The van der Waals surface area contributed by atoms with Crippen LogP contribution in [-0.4, -0.2) is 23.3 Å². The van der Waals surface area contributed by atoms with Crippen molar-refractivity contribution in [2.75, 3.05) is 5.32 Å². The first-order chi connectivity index (χ1) is 8.19. The summed E-state index contributed by atoms with van der Waals surface area (Å²) in [6.45, 7) is 1.26. The van der Waals surface area contributed by atoms with E-state index in [4.69, 9.17) is 5.11 Å². The van der Waals surface area contributed by atoms with Gasteiger partial charge in [-0.3, -0.25) is 0 Å². The molecule has 0 aliphatic rings. The van der Waals surface area contributed by atoms with Gasteiger partial charge in [-0.15, -0.1) is 0 Å². The summed E-state index contributed by atoms with van der Waals surface area (Å²) in [5.41, 5.74) is -0.418. The van der Waals surface area contributed by atoms with Crippen LogP contribution in [0.3, 0.4) is 0 Å². The van der Waals surface area contributed by atoms with E-state index in [9.17, 15) is 22.4 Å². The topological polar surface area (TPSA) is 49.3 Å². The second-order valence-corrected chi connectivity index (χ2v) is 3.86. The highest BCUT2D eigenvalue weighted by atomic mass is 19.4. The van der Waals surface area contributed by atoms with E-state index in [1.807, 2.05) is 0 Å². The monoisotopic (exact) mass is 265 g/mol. The number of nitrogens with one attached hydrogen (secondary N) is 1. The van der Waals surface area contributed by atoms with Crippen molar-refractivity contribution in [1.29, 1.82) is 0 Å². The molecule has 0 aromatic heterocycles. The molecule has 1 rings (SSSR count). The van der Waals surface area contributed by atoms with Gasteiger partial charge in [0.15, 0.2) is 0 Å². The molecule has 0 radical (unpaired) electrons. The molecule has 100 valence electrons.